The van der Waals surface area contributed by atoms with Crippen LogP contribution in [0.25, 0.3) is 0 Å². The van der Waals surface area contributed by atoms with E-state index in [1.807, 2.05) is 0 Å². The monoisotopic (exact) mass is 240 g/mol. The Morgan fingerprint density at radius 3 is 2.56 bits per heavy atom. The van der Waals surface area contributed by atoms with Crippen LogP contribution >= 0.6 is 0 Å². The highest BCUT2D eigenvalue weighted by Crippen LogP contribution is 2.48. The molecule has 1 aromatic carbocycles. The van der Waals surface area contributed by atoms with Gasteiger partial charge in [0.15, 0.2) is 0 Å². The summed E-state index contributed by atoms with van der Waals surface area (Å²) in [5.41, 5.74) is 4.76. The highest BCUT2D eigenvalue weighted by molar-refractivity contribution is 5.41. The van der Waals surface area contributed by atoms with E-state index in [0.29, 0.717) is 5.92 Å². The van der Waals surface area contributed by atoms with Crippen molar-refractivity contribution in [3.8, 4) is 0 Å². The summed E-state index contributed by atoms with van der Waals surface area (Å²) in [5.74, 6) is 0.517. The van der Waals surface area contributed by atoms with E-state index in [9.17, 15) is 0 Å². The normalized spacial score (nSPS) is 27.1. The second kappa shape index (κ2) is 5.14. The fourth-order valence-corrected chi connectivity index (χ4v) is 3.06. The van der Waals surface area contributed by atoms with Gasteiger partial charge < -0.3 is 0 Å². The van der Waals surface area contributed by atoms with Gasteiger partial charge in [0.1, 0.15) is 0 Å². The quantitative estimate of drug-likeness (QED) is 0.675. The van der Waals surface area contributed by atoms with Gasteiger partial charge in [-0.05, 0) is 36.3 Å². The molecule has 0 bridgehead atoms. The van der Waals surface area contributed by atoms with Crippen LogP contribution in [0.2, 0.25) is 0 Å². The zero-order valence-electron chi connectivity index (χ0n) is 12.0. The molecule has 1 aliphatic rings. The molecule has 1 aliphatic carbocycles. The first-order valence-corrected chi connectivity index (χ1v) is 7.06. The molecule has 0 amide bonds. The van der Waals surface area contributed by atoms with Gasteiger partial charge in [-0.3, -0.25) is 0 Å². The van der Waals surface area contributed by atoms with Crippen molar-refractivity contribution in [2.45, 2.75) is 46.5 Å². The second-order valence-corrected chi connectivity index (χ2v) is 5.54. The fraction of sp³-hybridized carbons (Fsp3) is 0.444. The number of rotatable bonds is 3. The zero-order chi connectivity index (χ0) is 13.2. The number of hydrogen-bond donors (Lipinski definition) is 0. The standard InChI is InChI=1S/C18H24/c1-5-15-11-7-8-12-16(15)17-13-9-10-14(3)18(17,4)6-2/h7-13,17H,5-6H2,1-4H3. The Morgan fingerprint density at radius 2 is 1.89 bits per heavy atom. The highest BCUT2D eigenvalue weighted by atomic mass is 14.4. The molecule has 0 saturated carbocycles. The van der Waals surface area contributed by atoms with E-state index in [1.165, 1.54) is 23.1 Å². The summed E-state index contributed by atoms with van der Waals surface area (Å²) in [6.45, 7) is 9.23. The summed E-state index contributed by atoms with van der Waals surface area (Å²) in [4.78, 5) is 0. The molecule has 0 spiro atoms. The molecule has 0 heteroatoms. The third-order valence-corrected chi connectivity index (χ3v) is 4.74. The largest absolute Gasteiger partial charge is 0.0761 e. The van der Waals surface area contributed by atoms with E-state index in [0.717, 1.165) is 6.42 Å². The Hall–Kier alpha value is -1.30. The first-order valence-electron chi connectivity index (χ1n) is 7.06. The van der Waals surface area contributed by atoms with E-state index >= 15 is 0 Å². The van der Waals surface area contributed by atoms with Crippen molar-refractivity contribution in [1.82, 2.24) is 0 Å². The van der Waals surface area contributed by atoms with E-state index in [-0.39, 0.29) is 5.41 Å². The van der Waals surface area contributed by atoms with Crippen molar-refractivity contribution >= 4 is 0 Å². The van der Waals surface area contributed by atoms with Crippen LogP contribution in [0.4, 0.5) is 0 Å². The van der Waals surface area contributed by atoms with Crippen LogP contribution in [-0.2, 0) is 6.42 Å². The summed E-state index contributed by atoms with van der Waals surface area (Å²) in [6, 6.07) is 8.90. The number of aryl methyl sites for hydroxylation is 1. The summed E-state index contributed by atoms with van der Waals surface area (Å²) in [7, 11) is 0. The van der Waals surface area contributed by atoms with Crippen LogP contribution in [0.15, 0.2) is 48.1 Å². The lowest BCUT2D eigenvalue weighted by Gasteiger charge is -2.39. The third-order valence-electron chi connectivity index (χ3n) is 4.74. The van der Waals surface area contributed by atoms with E-state index < -0.39 is 0 Å². The molecular formula is C18H24. The summed E-state index contributed by atoms with van der Waals surface area (Å²) in [5, 5.41) is 0. The van der Waals surface area contributed by atoms with Crippen molar-refractivity contribution in [1.29, 1.82) is 0 Å². The molecule has 2 unspecified atom stereocenters. The van der Waals surface area contributed by atoms with Crippen LogP contribution in [0.3, 0.4) is 0 Å². The molecule has 2 rings (SSSR count). The lowest BCUT2D eigenvalue weighted by atomic mass is 9.64. The van der Waals surface area contributed by atoms with Gasteiger partial charge in [0.25, 0.3) is 0 Å². The van der Waals surface area contributed by atoms with Crippen molar-refractivity contribution in [2.24, 2.45) is 5.41 Å². The molecule has 18 heavy (non-hydrogen) atoms. The molecule has 0 nitrogen and oxygen atoms in total. The number of benzene rings is 1. The topological polar surface area (TPSA) is 0 Å². The summed E-state index contributed by atoms with van der Waals surface area (Å²) >= 11 is 0. The van der Waals surface area contributed by atoms with Gasteiger partial charge in [-0.15, -0.1) is 0 Å². The highest BCUT2D eigenvalue weighted by Gasteiger charge is 2.35. The van der Waals surface area contributed by atoms with Crippen molar-refractivity contribution in [2.75, 3.05) is 0 Å². The first kappa shape index (κ1) is 13.1. The molecular weight excluding hydrogens is 216 g/mol. The first-order chi connectivity index (χ1) is 8.63. The third kappa shape index (κ3) is 2.05. The molecule has 0 radical (unpaired) electrons. The van der Waals surface area contributed by atoms with Gasteiger partial charge in [0, 0.05) is 5.92 Å². The average Bonchev–Trinajstić information content (AvgIpc) is 2.42. The Morgan fingerprint density at radius 1 is 1.17 bits per heavy atom. The Bertz CT molecular complexity index is 479. The van der Waals surface area contributed by atoms with Gasteiger partial charge in [-0.2, -0.15) is 0 Å². The van der Waals surface area contributed by atoms with Crippen molar-refractivity contribution in [3.63, 3.8) is 0 Å². The maximum atomic E-state index is 2.40. The Balaban J connectivity index is 2.50. The Labute approximate surface area is 111 Å². The predicted molar refractivity (Wildman–Crippen MR) is 79.9 cm³/mol. The lowest BCUT2D eigenvalue weighted by Crippen LogP contribution is -2.27. The molecule has 0 N–H and O–H groups in total. The van der Waals surface area contributed by atoms with Crippen LogP contribution in [0.1, 0.15) is 51.2 Å². The van der Waals surface area contributed by atoms with Gasteiger partial charge in [-0.25, -0.2) is 0 Å². The predicted octanol–water partition coefficient (Wildman–Crippen LogP) is 5.27. The van der Waals surface area contributed by atoms with Crippen LogP contribution in [0.5, 0.6) is 0 Å². The lowest BCUT2D eigenvalue weighted by molar-refractivity contribution is 0.335. The smallest absolute Gasteiger partial charge is 0.0115 e. The van der Waals surface area contributed by atoms with Crippen LogP contribution < -0.4 is 0 Å². The summed E-state index contributed by atoms with van der Waals surface area (Å²) < 4.78 is 0. The second-order valence-electron chi connectivity index (χ2n) is 5.54. The minimum atomic E-state index is 0.264. The van der Waals surface area contributed by atoms with Gasteiger partial charge in [0.05, 0.1) is 0 Å². The van der Waals surface area contributed by atoms with Gasteiger partial charge in [0.2, 0.25) is 0 Å². The maximum Gasteiger partial charge on any atom is 0.0115 e. The van der Waals surface area contributed by atoms with Crippen molar-refractivity contribution < 1.29 is 0 Å². The molecule has 0 heterocycles. The number of hydrogen-bond acceptors (Lipinski definition) is 0. The molecule has 0 aliphatic heterocycles. The molecule has 1 aromatic rings. The van der Waals surface area contributed by atoms with Gasteiger partial charge in [-0.1, -0.05) is 68.8 Å². The summed E-state index contributed by atoms with van der Waals surface area (Å²) in [6.07, 6.45) is 9.18. The van der Waals surface area contributed by atoms with Crippen LogP contribution in [0, 0.1) is 5.41 Å². The van der Waals surface area contributed by atoms with E-state index in [2.05, 4.69) is 70.2 Å². The number of allylic oxidation sites excluding steroid dienone is 4. The zero-order valence-corrected chi connectivity index (χ0v) is 12.0. The van der Waals surface area contributed by atoms with Gasteiger partial charge >= 0.3 is 0 Å². The molecule has 0 saturated heterocycles. The van der Waals surface area contributed by atoms with E-state index in [4.69, 9.17) is 0 Å². The fourth-order valence-electron chi connectivity index (χ4n) is 3.06. The molecule has 96 valence electrons. The van der Waals surface area contributed by atoms with Crippen molar-refractivity contribution in [3.05, 3.63) is 59.2 Å². The SMILES string of the molecule is CCc1ccccc1C1C=CC=C(C)C1(C)CC. The van der Waals surface area contributed by atoms with E-state index in [1.54, 1.807) is 0 Å². The Kier molecular flexibility index (Phi) is 3.75. The average molecular weight is 240 g/mol. The minimum Gasteiger partial charge on any atom is -0.0761 e. The van der Waals surface area contributed by atoms with Crippen LogP contribution in [-0.4, -0.2) is 0 Å². The molecule has 0 fully saturated rings. The molecule has 0 aromatic heterocycles. The maximum absolute atomic E-state index is 2.40. The minimum absolute atomic E-state index is 0.264. The molecule has 2 atom stereocenters.